The maximum absolute atomic E-state index is 12.1. The van der Waals surface area contributed by atoms with Gasteiger partial charge in [0, 0.05) is 26.2 Å². The number of rotatable bonds is 6. The number of carbonyl (C=O) groups is 1. The maximum atomic E-state index is 12.1. The summed E-state index contributed by atoms with van der Waals surface area (Å²) in [7, 11) is 0. The number of hydrogen-bond donors (Lipinski definition) is 2. The summed E-state index contributed by atoms with van der Waals surface area (Å²) < 4.78 is 0. The van der Waals surface area contributed by atoms with Gasteiger partial charge in [0.05, 0.1) is 6.04 Å². The van der Waals surface area contributed by atoms with Crippen molar-refractivity contribution in [3.63, 3.8) is 0 Å². The monoisotopic (exact) mass is 347 g/mol. The number of halogens is 2. The number of hydrogen-bond acceptors (Lipinski definition) is 3. The van der Waals surface area contributed by atoms with E-state index in [-0.39, 0.29) is 36.8 Å². The van der Waals surface area contributed by atoms with Gasteiger partial charge in [0.2, 0.25) is 5.91 Å². The van der Waals surface area contributed by atoms with Crippen molar-refractivity contribution in [2.45, 2.75) is 32.9 Å². The predicted molar refractivity (Wildman–Crippen MR) is 96.1 cm³/mol. The zero-order valence-electron chi connectivity index (χ0n) is 13.3. The molecule has 6 heteroatoms. The van der Waals surface area contributed by atoms with Crippen molar-refractivity contribution >= 4 is 30.7 Å². The van der Waals surface area contributed by atoms with E-state index in [2.05, 4.69) is 46.7 Å². The summed E-state index contributed by atoms with van der Waals surface area (Å²) in [6, 6.07) is 8.45. The molecule has 1 atom stereocenters. The molecule has 0 fully saturated rings. The highest BCUT2D eigenvalue weighted by molar-refractivity contribution is 5.85. The first kappa shape index (κ1) is 21.2. The molecule has 0 saturated heterocycles. The molecule has 1 unspecified atom stereocenters. The van der Waals surface area contributed by atoms with Gasteiger partial charge in [-0.15, -0.1) is 24.8 Å². The van der Waals surface area contributed by atoms with Gasteiger partial charge in [-0.3, -0.25) is 9.69 Å². The maximum Gasteiger partial charge on any atom is 0.237 e. The Morgan fingerprint density at radius 3 is 2.59 bits per heavy atom. The van der Waals surface area contributed by atoms with Crippen LogP contribution in [-0.2, 0) is 17.8 Å². The first-order valence-corrected chi connectivity index (χ1v) is 7.51. The van der Waals surface area contributed by atoms with Crippen molar-refractivity contribution in [1.29, 1.82) is 0 Å². The van der Waals surface area contributed by atoms with Crippen LogP contribution in [0.25, 0.3) is 0 Å². The molecule has 2 rings (SSSR count). The van der Waals surface area contributed by atoms with Crippen LogP contribution in [-0.4, -0.2) is 43.0 Å². The van der Waals surface area contributed by atoms with Crippen molar-refractivity contribution in [2.24, 2.45) is 0 Å². The lowest BCUT2D eigenvalue weighted by atomic mass is 9.99. The van der Waals surface area contributed by atoms with E-state index in [1.807, 2.05) is 6.92 Å². The van der Waals surface area contributed by atoms with Crippen molar-refractivity contribution in [3.05, 3.63) is 35.4 Å². The van der Waals surface area contributed by atoms with Gasteiger partial charge in [0.15, 0.2) is 0 Å². The van der Waals surface area contributed by atoms with Crippen LogP contribution in [0.2, 0.25) is 0 Å². The largest absolute Gasteiger partial charge is 0.353 e. The van der Waals surface area contributed by atoms with Gasteiger partial charge < -0.3 is 10.6 Å². The Morgan fingerprint density at radius 1 is 1.23 bits per heavy atom. The molecule has 2 N–H and O–H groups in total. The molecule has 0 bridgehead atoms. The molecule has 1 aliphatic rings. The molecular weight excluding hydrogens is 321 g/mol. The fourth-order valence-corrected chi connectivity index (χ4v) is 2.61. The Labute approximate surface area is 145 Å². The standard InChI is InChI=1S/C16H25N3O.2ClH/c1-3-17-9-10-18-16(20)13(2)19-11-8-14-6-4-5-7-15(14)12-19;;/h4-7,13,17H,3,8-12H2,1-2H3,(H,18,20);2*1H. The summed E-state index contributed by atoms with van der Waals surface area (Å²) in [5.41, 5.74) is 2.77. The van der Waals surface area contributed by atoms with Gasteiger partial charge in [-0.05, 0) is 31.0 Å². The van der Waals surface area contributed by atoms with Crippen LogP contribution in [0.5, 0.6) is 0 Å². The smallest absolute Gasteiger partial charge is 0.237 e. The molecule has 0 saturated carbocycles. The van der Waals surface area contributed by atoms with E-state index < -0.39 is 0 Å². The van der Waals surface area contributed by atoms with Gasteiger partial charge in [-0.2, -0.15) is 0 Å². The molecule has 0 aliphatic carbocycles. The molecule has 0 radical (unpaired) electrons. The van der Waals surface area contributed by atoms with Crippen LogP contribution in [0.4, 0.5) is 0 Å². The summed E-state index contributed by atoms with van der Waals surface area (Å²) in [4.78, 5) is 14.4. The lowest BCUT2D eigenvalue weighted by Gasteiger charge is -2.32. The first-order chi connectivity index (χ1) is 9.72. The summed E-state index contributed by atoms with van der Waals surface area (Å²) in [5, 5.41) is 6.20. The topological polar surface area (TPSA) is 44.4 Å². The number of nitrogens with zero attached hydrogens (tertiary/aromatic N) is 1. The molecule has 126 valence electrons. The number of nitrogens with one attached hydrogen (secondary N) is 2. The molecule has 1 heterocycles. The predicted octanol–water partition coefficient (Wildman–Crippen LogP) is 2.00. The second-order valence-electron chi connectivity index (χ2n) is 5.31. The van der Waals surface area contributed by atoms with Crippen molar-refractivity contribution in [2.75, 3.05) is 26.2 Å². The molecule has 1 amide bonds. The minimum atomic E-state index is -0.0648. The quantitative estimate of drug-likeness (QED) is 0.773. The van der Waals surface area contributed by atoms with Gasteiger partial charge >= 0.3 is 0 Å². The highest BCUT2D eigenvalue weighted by Crippen LogP contribution is 2.20. The third-order valence-corrected chi connectivity index (χ3v) is 3.94. The molecule has 1 aromatic carbocycles. The minimum absolute atomic E-state index is 0. The third-order valence-electron chi connectivity index (χ3n) is 3.94. The summed E-state index contributed by atoms with van der Waals surface area (Å²) in [6.45, 7) is 8.36. The van der Waals surface area contributed by atoms with Crippen molar-refractivity contribution in [3.8, 4) is 0 Å². The second kappa shape index (κ2) is 10.8. The Balaban J connectivity index is 0.00000220. The number of fused-ring (bicyclic) bond motifs is 1. The Hall–Kier alpha value is -0.810. The molecule has 22 heavy (non-hydrogen) atoms. The number of carbonyl (C=O) groups excluding carboxylic acids is 1. The van der Waals surface area contributed by atoms with Gasteiger partial charge in [-0.25, -0.2) is 0 Å². The van der Waals surface area contributed by atoms with Crippen molar-refractivity contribution < 1.29 is 4.79 Å². The van der Waals surface area contributed by atoms with E-state index in [0.29, 0.717) is 6.54 Å². The van der Waals surface area contributed by atoms with E-state index >= 15 is 0 Å². The van der Waals surface area contributed by atoms with E-state index in [1.54, 1.807) is 0 Å². The Bertz CT molecular complexity index is 457. The van der Waals surface area contributed by atoms with Crippen LogP contribution < -0.4 is 10.6 Å². The van der Waals surface area contributed by atoms with Crippen molar-refractivity contribution in [1.82, 2.24) is 15.5 Å². The molecule has 4 nitrogen and oxygen atoms in total. The average molecular weight is 348 g/mol. The number of benzene rings is 1. The van der Waals surface area contributed by atoms with E-state index in [9.17, 15) is 4.79 Å². The normalized spacial score (nSPS) is 15.0. The summed E-state index contributed by atoms with van der Waals surface area (Å²) >= 11 is 0. The Morgan fingerprint density at radius 2 is 1.91 bits per heavy atom. The Kier molecular flexibility index (Phi) is 10.4. The molecule has 0 aromatic heterocycles. The molecule has 1 aliphatic heterocycles. The first-order valence-electron chi connectivity index (χ1n) is 7.51. The van der Waals surface area contributed by atoms with Crippen LogP contribution in [0.15, 0.2) is 24.3 Å². The number of amides is 1. The zero-order valence-corrected chi connectivity index (χ0v) is 14.9. The van der Waals surface area contributed by atoms with Crippen LogP contribution >= 0.6 is 24.8 Å². The van der Waals surface area contributed by atoms with Gasteiger partial charge in [0.1, 0.15) is 0 Å². The van der Waals surface area contributed by atoms with Crippen LogP contribution in [0.3, 0.4) is 0 Å². The zero-order chi connectivity index (χ0) is 14.4. The summed E-state index contributed by atoms with van der Waals surface area (Å²) in [5.74, 6) is 0.127. The third kappa shape index (κ3) is 5.76. The fraction of sp³-hybridized carbons (Fsp3) is 0.562. The molecule has 0 spiro atoms. The van der Waals surface area contributed by atoms with E-state index in [4.69, 9.17) is 0 Å². The van der Waals surface area contributed by atoms with E-state index in [1.165, 1.54) is 11.1 Å². The lowest BCUT2D eigenvalue weighted by molar-refractivity contribution is -0.126. The van der Waals surface area contributed by atoms with Crippen LogP contribution in [0.1, 0.15) is 25.0 Å². The molecule has 1 aromatic rings. The fourth-order valence-electron chi connectivity index (χ4n) is 2.61. The SMILES string of the molecule is CCNCCNC(=O)C(C)N1CCc2ccccc2C1.Cl.Cl. The molecular formula is C16H27Cl2N3O. The van der Waals surface area contributed by atoms with Gasteiger partial charge in [0.25, 0.3) is 0 Å². The average Bonchev–Trinajstić information content (AvgIpc) is 2.50. The highest BCUT2D eigenvalue weighted by atomic mass is 35.5. The minimum Gasteiger partial charge on any atom is -0.353 e. The lowest BCUT2D eigenvalue weighted by Crippen LogP contribution is -2.48. The highest BCUT2D eigenvalue weighted by Gasteiger charge is 2.24. The van der Waals surface area contributed by atoms with Crippen LogP contribution in [0, 0.1) is 0 Å². The summed E-state index contributed by atoms with van der Waals surface area (Å²) in [6.07, 6.45) is 1.03. The van der Waals surface area contributed by atoms with E-state index in [0.717, 1.165) is 32.6 Å². The second-order valence-corrected chi connectivity index (χ2v) is 5.31. The van der Waals surface area contributed by atoms with Gasteiger partial charge in [-0.1, -0.05) is 31.2 Å². The number of likely N-dealkylation sites (N-methyl/N-ethyl adjacent to an activating group) is 1.